The Bertz CT molecular complexity index is 604. The molecule has 0 amide bonds. The van der Waals surface area contributed by atoms with E-state index in [1.807, 2.05) is 30.3 Å². The van der Waals surface area contributed by atoms with Gasteiger partial charge in [-0.3, -0.25) is 0 Å². The molecule has 1 aromatic carbocycles. The number of hydrogen-bond donors (Lipinski definition) is 0. The normalized spacial score (nSPS) is 15.4. The van der Waals surface area contributed by atoms with E-state index in [0.717, 1.165) is 15.0 Å². The Labute approximate surface area is 95.0 Å². The van der Waals surface area contributed by atoms with Gasteiger partial charge in [0.05, 0.1) is 5.57 Å². The molecule has 0 aliphatic carbocycles. The van der Waals surface area contributed by atoms with Crippen molar-refractivity contribution < 1.29 is 14.3 Å². The average Bonchev–Trinajstić information content (AvgIpc) is 2.81. The van der Waals surface area contributed by atoms with Crippen LogP contribution in [0.1, 0.15) is 4.88 Å². The first kappa shape index (κ1) is 9.30. The molecule has 0 spiro atoms. The Kier molecular flexibility index (Phi) is 1.91. The van der Waals surface area contributed by atoms with Crippen LogP contribution in [0.25, 0.3) is 15.7 Å². The number of benzene rings is 1. The number of rotatable bonds is 1. The first-order chi connectivity index (χ1) is 7.74. The summed E-state index contributed by atoms with van der Waals surface area (Å²) in [6, 6.07) is 9.72. The van der Waals surface area contributed by atoms with Gasteiger partial charge >= 0.3 is 11.9 Å². The fourth-order valence-electron chi connectivity index (χ4n) is 1.64. The Morgan fingerprint density at radius 3 is 2.62 bits per heavy atom. The Balaban J connectivity index is 2.16. The second-order valence-corrected chi connectivity index (χ2v) is 4.50. The molecule has 3 nitrogen and oxygen atoms in total. The van der Waals surface area contributed by atoms with Gasteiger partial charge in [0.1, 0.15) is 0 Å². The van der Waals surface area contributed by atoms with Crippen molar-refractivity contribution in [2.24, 2.45) is 0 Å². The average molecular weight is 230 g/mol. The van der Waals surface area contributed by atoms with Crippen molar-refractivity contribution in [3.63, 3.8) is 0 Å². The fraction of sp³-hybridized carbons (Fsp3) is 0. The molecule has 2 heterocycles. The van der Waals surface area contributed by atoms with E-state index in [4.69, 9.17) is 0 Å². The van der Waals surface area contributed by atoms with Crippen LogP contribution in [0.5, 0.6) is 0 Å². The van der Waals surface area contributed by atoms with E-state index in [-0.39, 0.29) is 0 Å². The molecule has 0 saturated carbocycles. The largest absolute Gasteiger partial charge is 0.386 e. The van der Waals surface area contributed by atoms with Crippen molar-refractivity contribution in [1.82, 2.24) is 0 Å². The van der Waals surface area contributed by atoms with Gasteiger partial charge < -0.3 is 4.74 Å². The quantitative estimate of drug-likeness (QED) is 0.558. The molecule has 0 radical (unpaired) electrons. The maximum Gasteiger partial charge on any atom is 0.347 e. The zero-order valence-electron chi connectivity index (χ0n) is 8.10. The molecular weight excluding hydrogens is 224 g/mol. The maximum absolute atomic E-state index is 11.4. The minimum Gasteiger partial charge on any atom is -0.386 e. The molecule has 78 valence electrons. The number of hydrogen-bond acceptors (Lipinski definition) is 4. The van der Waals surface area contributed by atoms with Crippen LogP contribution in [0.3, 0.4) is 0 Å². The van der Waals surface area contributed by atoms with Crippen molar-refractivity contribution in [1.29, 1.82) is 0 Å². The van der Waals surface area contributed by atoms with Gasteiger partial charge in [0.2, 0.25) is 0 Å². The number of thiophene rings is 1. The standard InChI is InChI=1S/C12H6O3S/c13-11-6-8(12(14)15-11)10-5-7-3-1-2-4-9(7)16-10/h1-6H. The van der Waals surface area contributed by atoms with E-state index < -0.39 is 11.9 Å². The summed E-state index contributed by atoms with van der Waals surface area (Å²) in [6.45, 7) is 0. The van der Waals surface area contributed by atoms with Gasteiger partial charge in [-0.1, -0.05) is 18.2 Å². The van der Waals surface area contributed by atoms with Crippen LogP contribution >= 0.6 is 11.3 Å². The molecule has 0 unspecified atom stereocenters. The molecular formula is C12H6O3S. The van der Waals surface area contributed by atoms with Gasteiger partial charge in [-0.05, 0) is 17.5 Å². The van der Waals surface area contributed by atoms with Crippen LogP contribution < -0.4 is 0 Å². The van der Waals surface area contributed by atoms with E-state index in [1.54, 1.807) is 0 Å². The van der Waals surface area contributed by atoms with E-state index in [2.05, 4.69) is 4.74 Å². The lowest BCUT2D eigenvalue weighted by Gasteiger charge is -1.91. The molecule has 2 aromatic rings. The minimum atomic E-state index is -0.586. The van der Waals surface area contributed by atoms with Crippen LogP contribution in [0, 0.1) is 0 Å². The van der Waals surface area contributed by atoms with Gasteiger partial charge in [-0.25, -0.2) is 9.59 Å². The number of carbonyl (C=O) groups is 2. The molecule has 0 atom stereocenters. The third-order valence-electron chi connectivity index (χ3n) is 2.37. The second kappa shape index (κ2) is 3.28. The van der Waals surface area contributed by atoms with Crippen LogP contribution in [-0.4, -0.2) is 11.9 Å². The number of cyclic esters (lactones) is 2. The second-order valence-electron chi connectivity index (χ2n) is 3.42. The van der Waals surface area contributed by atoms with Gasteiger partial charge in [-0.2, -0.15) is 0 Å². The molecule has 1 aliphatic rings. The number of esters is 2. The van der Waals surface area contributed by atoms with Crippen molar-refractivity contribution in [2.45, 2.75) is 0 Å². The summed E-state index contributed by atoms with van der Waals surface area (Å²) in [5, 5.41) is 1.07. The first-order valence-electron chi connectivity index (χ1n) is 4.71. The lowest BCUT2D eigenvalue weighted by atomic mass is 10.2. The zero-order chi connectivity index (χ0) is 11.1. The summed E-state index contributed by atoms with van der Waals surface area (Å²) in [7, 11) is 0. The summed E-state index contributed by atoms with van der Waals surface area (Å²) in [4.78, 5) is 23.1. The van der Waals surface area contributed by atoms with Gasteiger partial charge in [0.15, 0.2) is 0 Å². The zero-order valence-corrected chi connectivity index (χ0v) is 8.91. The molecule has 16 heavy (non-hydrogen) atoms. The highest BCUT2D eigenvalue weighted by molar-refractivity contribution is 7.20. The summed E-state index contributed by atoms with van der Waals surface area (Å²) >= 11 is 1.48. The molecule has 3 rings (SSSR count). The summed E-state index contributed by atoms with van der Waals surface area (Å²) in [5.74, 6) is -1.14. The van der Waals surface area contributed by atoms with Crippen LogP contribution in [-0.2, 0) is 14.3 Å². The Morgan fingerprint density at radius 1 is 1.12 bits per heavy atom. The highest BCUT2D eigenvalue weighted by atomic mass is 32.1. The van der Waals surface area contributed by atoms with E-state index in [9.17, 15) is 9.59 Å². The number of carbonyl (C=O) groups excluding carboxylic acids is 2. The minimum absolute atomic E-state index is 0.353. The predicted molar refractivity (Wildman–Crippen MR) is 60.9 cm³/mol. The maximum atomic E-state index is 11.4. The van der Waals surface area contributed by atoms with E-state index >= 15 is 0 Å². The van der Waals surface area contributed by atoms with E-state index in [1.165, 1.54) is 17.4 Å². The van der Waals surface area contributed by atoms with Crippen molar-refractivity contribution in [3.8, 4) is 0 Å². The topological polar surface area (TPSA) is 43.4 Å². The molecule has 1 aliphatic heterocycles. The lowest BCUT2D eigenvalue weighted by Crippen LogP contribution is -2.00. The fourth-order valence-corrected chi connectivity index (χ4v) is 2.71. The summed E-state index contributed by atoms with van der Waals surface area (Å²) < 4.78 is 5.55. The molecule has 0 fully saturated rings. The van der Waals surface area contributed by atoms with Gasteiger partial charge in [0.25, 0.3) is 0 Å². The van der Waals surface area contributed by atoms with Crippen molar-refractivity contribution in [2.75, 3.05) is 0 Å². The monoisotopic (exact) mass is 230 g/mol. The van der Waals surface area contributed by atoms with Gasteiger partial charge in [0, 0.05) is 15.7 Å². The first-order valence-corrected chi connectivity index (χ1v) is 5.52. The highest BCUT2D eigenvalue weighted by Gasteiger charge is 2.26. The van der Waals surface area contributed by atoms with Crippen LogP contribution in [0.15, 0.2) is 36.4 Å². The van der Waals surface area contributed by atoms with Crippen molar-refractivity contribution >= 4 is 38.9 Å². The molecule has 0 N–H and O–H groups in total. The summed E-state index contributed by atoms with van der Waals surface area (Å²) in [5.41, 5.74) is 0.353. The molecule has 0 saturated heterocycles. The highest BCUT2D eigenvalue weighted by Crippen LogP contribution is 2.32. The van der Waals surface area contributed by atoms with Crippen LogP contribution in [0.4, 0.5) is 0 Å². The van der Waals surface area contributed by atoms with E-state index in [0.29, 0.717) is 5.57 Å². The Morgan fingerprint density at radius 2 is 1.94 bits per heavy atom. The third-order valence-corrected chi connectivity index (χ3v) is 3.52. The molecule has 1 aromatic heterocycles. The van der Waals surface area contributed by atoms with Crippen LogP contribution in [0.2, 0.25) is 0 Å². The summed E-state index contributed by atoms with van der Waals surface area (Å²) in [6.07, 6.45) is 1.24. The smallest absolute Gasteiger partial charge is 0.347 e. The Hall–Kier alpha value is -1.94. The molecule has 4 heteroatoms. The predicted octanol–water partition coefficient (Wildman–Crippen LogP) is 2.37. The SMILES string of the molecule is O=C1C=C(c2cc3ccccc3s2)C(=O)O1. The number of ether oxygens (including phenoxy) is 1. The molecule has 0 bridgehead atoms. The number of fused-ring (bicyclic) bond motifs is 1. The van der Waals surface area contributed by atoms with Gasteiger partial charge in [-0.15, -0.1) is 11.3 Å². The van der Waals surface area contributed by atoms with Crippen molar-refractivity contribution in [3.05, 3.63) is 41.3 Å². The lowest BCUT2D eigenvalue weighted by molar-refractivity contribution is -0.149. The third kappa shape index (κ3) is 1.35.